The smallest absolute Gasteiger partial charge is 0.193 e. The van der Waals surface area contributed by atoms with Crippen LogP contribution in [0.3, 0.4) is 0 Å². The van der Waals surface area contributed by atoms with Gasteiger partial charge < -0.3 is 15.6 Å². The molecule has 0 fully saturated rings. The Hall–Kier alpha value is -1.71. The molecule has 5 nitrogen and oxygen atoms in total. The van der Waals surface area contributed by atoms with Gasteiger partial charge in [-0.25, -0.2) is 18.8 Å². The maximum atomic E-state index is 13.5. The Bertz CT molecular complexity index is 670. The first-order valence-corrected chi connectivity index (χ1v) is 6.97. The van der Waals surface area contributed by atoms with Crippen molar-refractivity contribution in [2.75, 3.05) is 5.32 Å². The summed E-state index contributed by atoms with van der Waals surface area (Å²) in [6, 6.07) is 3.09. The lowest BCUT2D eigenvalue weighted by molar-refractivity contribution is 0.507. The summed E-state index contributed by atoms with van der Waals surface area (Å²) in [6.07, 6.45) is 3.57. The summed E-state index contributed by atoms with van der Waals surface area (Å²) in [5, 5.41) is 2.55. The van der Waals surface area contributed by atoms with Crippen LogP contribution in [0.5, 0.6) is 0 Å². The molecule has 0 unspecified atom stereocenters. The molecule has 0 atom stereocenters. The summed E-state index contributed by atoms with van der Waals surface area (Å²) < 4.78 is 28.6. The maximum absolute atomic E-state index is 13.5. The summed E-state index contributed by atoms with van der Waals surface area (Å²) in [6.45, 7) is 5.30. The first-order valence-electron chi connectivity index (χ1n) is 6.97. The Kier molecular flexibility index (Phi) is 7.40. The van der Waals surface area contributed by atoms with Crippen molar-refractivity contribution in [2.45, 2.75) is 26.9 Å². The molecule has 2 aromatic rings. The first-order chi connectivity index (χ1) is 10.5. The van der Waals surface area contributed by atoms with E-state index in [0.717, 1.165) is 30.6 Å². The van der Waals surface area contributed by atoms with E-state index in [2.05, 4.69) is 29.1 Å². The number of anilines is 1. The number of aliphatic imine (C=N–C) groups is 1. The van der Waals surface area contributed by atoms with Crippen molar-refractivity contribution >= 4 is 35.6 Å². The highest BCUT2D eigenvalue weighted by Crippen LogP contribution is 2.14. The van der Waals surface area contributed by atoms with E-state index in [1.807, 2.05) is 10.8 Å². The lowest BCUT2D eigenvalue weighted by atomic mass is 10.2. The van der Waals surface area contributed by atoms with Gasteiger partial charge in [0, 0.05) is 25.0 Å². The molecule has 0 saturated carbocycles. The molecule has 23 heavy (non-hydrogen) atoms. The minimum Gasteiger partial charge on any atom is -0.370 e. The van der Waals surface area contributed by atoms with E-state index in [1.54, 1.807) is 6.20 Å². The summed E-state index contributed by atoms with van der Waals surface area (Å²) >= 11 is 0. The molecule has 2 rings (SSSR count). The molecule has 126 valence electrons. The van der Waals surface area contributed by atoms with Crippen molar-refractivity contribution in [3.63, 3.8) is 0 Å². The maximum Gasteiger partial charge on any atom is 0.193 e. The van der Waals surface area contributed by atoms with Crippen molar-refractivity contribution in [3.05, 3.63) is 48.1 Å². The van der Waals surface area contributed by atoms with E-state index < -0.39 is 11.6 Å². The predicted octanol–water partition coefficient (Wildman–Crippen LogP) is 3.36. The van der Waals surface area contributed by atoms with Crippen LogP contribution in [0.15, 0.2) is 35.6 Å². The van der Waals surface area contributed by atoms with Gasteiger partial charge in [-0.05, 0) is 18.1 Å². The van der Waals surface area contributed by atoms with E-state index in [9.17, 15) is 8.78 Å². The Balaban J connectivity index is 0.00000264. The number of hydrogen-bond acceptors (Lipinski definition) is 2. The normalized spacial score (nSPS) is 11.4. The third-order valence-electron chi connectivity index (χ3n) is 2.95. The van der Waals surface area contributed by atoms with Gasteiger partial charge in [0.15, 0.2) is 5.96 Å². The summed E-state index contributed by atoms with van der Waals surface area (Å²) in [7, 11) is 0. The number of guanidine groups is 1. The zero-order valence-electron chi connectivity index (χ0n) is 13.0. The second-order valence-electron chi connectivity index (χ2n) is 5.34. The molecule has 1 heterocycles. The average molecular weight is 435 g/mol. The SMILES string of the molecule is CC(C)Cn1ccnc1CN=C(N)Nc1cc(F)ccc1F.I. The van der Waals surface area contributed by atoms with E-state index >= 15 is 0 Å². The van der Waals surface area contributed by atoms with Crippen molar-refractivity contribution in [3.8, 4) is 0 Å². The van der Waals surface area contributed by atoms with Gasteiger partial charge >= 0.3 is 0 Å². The van der Waals surface area contributed by atoms with Crippen LogP contribution in [0, 0.1) is 17.6 Å². The highest BCUT2D eigenvalue weighted by atomic mass is 127. The number of aromatic nitrogens is 2. The van der Waals surface area contributed by atoms with Crippen molar-refractivity contribution in [2.24, 2.45) is 16.6 Å². The second-order valence-corrected chi connectivity index (χ2v) is 5.34. The van der Waals surface area contributed by atoms with Crippen molar-refractivity contribution in [1.82, 2.24) is 9.55 Å². The van der Waals surface area contributed by atoms with Gasteiger partial charge in [0.05, 0.1) is 5.69 Å². The first kappa shape index (κ1) is 19.3. The number of imidazole rings is 1. The number of rotatable bonds is 5. The highest BCUT2D eigenvalue weighted by Gasteiger charge is 2.06. The van der Waals surface area contributed by atoms with E-state index in [-0.39, 0.29) is 42.2 Å². The summed E-state index contributed by atoms with van der Waals surface area (Å²) in [5.74, 6) is 0.0978. The molecule has 0 aliphatic heterocycles. The van der Waals surface area contributed by atoms with E-state index in [4.69, 9.17) is 5.73 Å². The third-order valence-corrected chi connectivity index (χ3v) is 2.95. The third kappa shape index (κ3) is 5.77. The lowest BCUT2D eigenvalue weighted by Crippen LogP contribution is -2.23. The molecule has 3 N–H and O–H groups in total. The van der Waals surface area contributed by atoms with E-state index in [0.29, 0.717) is 5.92 Å². The van der Waals surface area contributed by atoms with Crippen LogP contribution in [0.1, 0.15) is 19.7 Å². The largest absolute Gasteiger partial charge is 0.370 e. The minimum absolute atomic E-state index is 0. The fraction of sp³-hybridized carbons (Fsp3) is 0.333. The number of nitrogens with zero attached hydrogens (tertiary/aromatic N) is 3. The van der Waals surface area contributed by atoms with E-state index in [1.165, 1.54) is 0 Å². The molecule has 8 heteroatoms. The van der Waals surface area contributed by atoms with Gasteiger partial charge in [0.2, 0.25) is 0 Å². The molecular formula is C15H20F2IN5. The van der Waals surface area contributed by atoms with Crippen LogP contribution in [0.4, 0.5) is 14.5 Å². The molecule has 0 aliphatic carbocycles. The van der Waals surface area contributed by atoms with Crippen molar-refractivity contribution in [1.29, 1.82) is 0 Å². The molecular weight excluding hydrogens is 415 g/mol. The Morgan fingerprint density at radius 3 is 2.83 bits per heavy atom. The molecule has 1 aromatic carbocycles. The van der Waals surface area contributed by atoms with Gasteiger partial charge in [-0.3, -0.25) is 0 Å². The Labute approximate surface area is 151 Å². The molecule has 1 aromatic heterocycles. The predicted molar refractivity (Wildman–Crippen MR) is 97.8 cm³/mol. The van der Waals surface area contributed by atoms with Gasteiger partial charge in [0.1, 0.15) is 24.0 Å². The zero-order valence-corrected chi connectivity index (χ0v) is 15.3. The quantitative estimate of drug-likeness (QED) is 0.430. The summed E-state index contributed by atoms with van der Waals surface area (Å²) in [4.78, 5) is 8.33. The molecule has 0 bridgehead atoms. The highest BCUT2D eigenvalue weighted by molar-refractivity contribution is 14.0. The van der Waals surface area contributed by atoms with Gasteiger partial charge in [-0.15, -0.1) is 24.0 Å². The minimum atomic E-state index is -0.596. The Morgan fingerprint density at radius 2 is 2.13 bits per heavy atom. The number of nitrogens with two attached hydrogens (primary N) is 1. The van der Waals surface area contributed by atoms with Crippen LogP contribution in [-0.4, -0.2) is 15.5 Å². The Morgan fingerprint density at radius 1 is 1.39 bits per heavy atom. The van der Waals surface area contributed by atoms with Crippen LogP contribution >= 0.6 is 24.0 Å². The molecule has 0 amide bonds. The fourth-order valence-electron chi connectivity index (χ4n) is 1.98. The molecule has 0 saturated heterocycles. The summed E-state index contributed by atoms with van der Waals surface area (Å²) in [5.41, 5.74) is 5.66. The average Bonchev–Trinajstić information content (AvgIpc) is 2.87. The zero-order chi connectivity index (χ0) is 16.1. The van der Waals surface area contributed by atoms with Crippen LogP contribution in [-0.2, 0) is 13.1 Å². The number of nitrogens with one attached hydrogen (secondary N) is 1. The number of halogens is 3. The standard InChI is InChI=1S/C15H19F2N5.HI/c1-10(2)9-22-6-5-19-14(22)8-20-15(18)21-13-7-11(16)3-4-12(13)17;/h3-7,10H,8-9H2,1-2H3,(H3,18,20,21);1H. The van der Waals surface area contributed by atoms with Crippen molar-refractivity contribution < 1.29 is 8.78 Å². The van der Waals surface area contributed by atoms with Crippen LogP contribution < -0.4 is 11.1 Å². The van der Waals surface area contributed by atoms with Gasteiger partial charge in [0.25, 0.3) is 0 Å². The molecule has 0 radical (unpaired) electrons. The fourth-order valence-corrected chi connectivity index (χ4v) is 1.98. The number of benzene rings is 1. The van der Waals surface area contributed by atoms with Crippen LogP contribution in [0.2, 0.25) is 0 Å². The molecule has 0 aliphatic rings. The van der Waals surface area contributed by atoms with Gasteiger partial charge in [-0.1, -0.05) is 13.8 Å². The second kappa shape index (κ2) is 8.80. The lowest BCUT2D eigenvalue weighted by Gasteiger charge is -2.10. The molecule has 0 spiro atoms. The topological polar surface area (TPSA) is 68.2 Å². The monoisotopic (exact) mass is 435 g/mol. The van der Waals surface area contributed by atoms with Gasteiger partial charge in [-0.2, -0.15) is 0 Å². The number of hydrogen-bond donors (Lipinski definition) is 2. The van der Waals surface area contributed by atoms with Crippen LogP contribution in [0.25, 0.3) is 0 Å².